The van der Waals surface area contributed by atoms with E-state index in [1.807, 2.05) is 18.2 Å². The number of aliphatic hydroxyl groups is 1. The van der Waals surface area contributed by atoms with Crippen molar-refractivity contribution in [2.24, 2.45) is 0 Å². The number of methoxy groups -OCH3 is 1. The van der Waals surface area contributed by atoms with Gasteiger partial charge < -0.3 is 15.2 Å². The maximum Gasteiger partial charge on any atom is 0.252 e. The van der Waals surface area contributed by atoms with Crippen LogP contribution in [0.3, 0.4) is 0 Å². The average Bonchev–Trinajstić information content (AvgIpc) is 2.95. The van der Waals surface area contributed by atoms with Crippen molar-refractivity contribution in [1.82, 2.24) is 5.32 Å². The van der Waals surface area contributed by atoms with Crippen molar-refractivity contribution in [3.05, 3.63) is 35.4 Å². The van der Waals surface area contributed by atoms with E-state index in [1.165, 1.54) is 0 Å². The minimum atomic E-state index is -0.0920. The second-order valence-corrected chi connectivity index (χ2v) is 5.16. The fourth-order valence-electron chi connectivity index (χ4n) is 2.55. The molecular formula is C17H21NO3. The van der Waals surface area contributed by atoms with E-state index in [2.05, 4.69) is 17.2 Å². The van der Waals surface area contributed by atoms with Crippen molar-refractivity contribution < 1.29 is 14.6 Å². The Labute approximate surface area is 125 Å². The number of nitrogens with one attached hydrogen (secondary N) is 1. The lowest BCUT2D eigenvalue weighted by molar-refractivity contribution is 0.0915. The molecule has 1 aromatic rings. The zero-order valence-electron chi connectivity index (χ0n) is 12.3. The number of hydrogen-bond acceptors (Lipinski definition) is 3. The van der Waals surface area contributed by atoms with Crippen molar-refractivity contribution in [3.8, 4) is 11.8 Å². The molecule has 2 unspecified atom stereocenters. The molecule has 0 spiro atoms. The van der Waals surface area contributed by atoms with E-state index in [-0.39, 0.29) is 24.7 Å². The van der Waals surface area contributed by atoms with Crippen LogP contribution in [0, 0.1) is 11.8 Å². The molecule has 4 nitrogen and oxygen atoms in total. The molecule has 1 saturated carbocycles. The Morgan fingerprint density at radius 1 is 1.43 bits per heavy atom. The van der Waals surface area contributed by atoms with Gasteiger partial charge in [-0.05, 0) is 31.4 Å². The first-order chi connectivity index (χ1) is 10.2. The van der Waals surface area contributed by atoms with Crippen molar-refractivity contribution >= 4 is 5.91 Å². The maximum absolute atomic E-state index is 12.4. The predicted molar refractivity (Wildman–Crippen MR) is 80.9 cm³/mol. The van der Waals surface area contributed by atoms with Crippen LogP contribution in [0.25, 0.3) is 0 Å². The number of amides is 1. The normalized spacial score (nSPS) is 20.7. The lowest BCUT2D eigenvalue weighted by atomic mass is 10.1. The van der Waals surface area contributed by atoms with Crippen LogP contribution in [-0.4, -0.2) is 36.9 Å². The molecule has 0 saturated heterocycles. The van der Waals surface area contributed by atoms with Crippen LogP contribution in [0.15, 0.2) is 24.3 Å². The van der Waals surface area contributed by atoms with E-state index in [1.54, 1.807) is 13.2 Å². The molecule has 1 aliphatic carbocycles. The van der Waals surface area contributed by atoms with E-state index in [0.717, 1.165) is 19.3 Å². The zero-order valence-corrected chi connectivity index (χ0v) is 12.3. The third-order valence-electron chi connectivity index (χ3n) is 3.68. The van der Waals surface area contributed by atoms with Gasteiger partial charge in [0.25, 0.3) is 5.91 Å². The van der Waals surface area contributed by atoms with Crippen molar-refractivity contribution in [3.63, 3.8) is 0 Å². The van der Waals surface area contributed by atoms with Gasteiger partial charge in [-0.3, -0.25) is 4.79 Å². The number of ether oxygens (including phenoxy) is 1. The summed E-state index contributed by atoms with van der Waals surface area (Å²) >= 11 is 0. The van der Waals surface area contributed by atoms with Crippen LogP contribution in [0.1, 0.15) is 41.6 Å². The molecule has 1 fully saturated rings. The van der Waals surface area contributed by atoms with Gasteiger partial charge >= 0.3 is 0 Å². The number of rotatable bonds is 4. The molecule has 2 atom stereocenters. The molecule has 0 radical (unpaired) electrons. The first kappa shape index (κ1) is 15.6. The van der Waals surface area contributed by atoms with Gasteiger partial charge in [0.15, 0.2) is 0 Å². The molecule has 0 aliphatic heterocycles. The number of carbonyl (C=O) groups excluding carboxylic acids is 1. The van der Waals surface area contributed by atoms with E-state index >= 15 is 0 Å². The first-order valence-corrected chi connectivity index (χ1v) is 7.27. The third-order valence-corrected chi connectivity index (χ3v) is 3.68. The Hall–Kier alpha value is -1.83. The molecule has 112 valence electrons. The SMILES string of the molecule is COC1CCC(NC(=O)c2ccccc2C#CCCO)C1. The first-order valence-electron chi connectivity index (χ1n) is 7.27. The number of aliphatic hydroxyl groups excluding tert-OH is 1. The summed E-state index contributed by atoms with van der Waals surface area (Å²) in [6, 6.07) is 7.46. The van der Waals surface area contributed by atoms with Crippen LogP contribution >= 0.6 is 0 Å². The Morgan fingerprint density at radius 2 is 2.24 bits per heavy atom. The van der Waals surface area contributed by atoms with Crippen molar-refractivity contribution in [2.75, 3.05) is 13.7 Å². The van der Waals surface area contributed by atoms with Gasteiger partial charge in [0, 0.05) is 25.1 Å². The highest BCUT2D eigenvalue weighted by atomic mass is 16.5. The summed E-state index contributed by atoms with van der Waals surface area (Å²) in [5.41, 5.74) is 1.29. The average molecular weight is 287 g/mol. The van der Waals surface area contributed by atoms with Crippen LogP contribution in [0.2, 0.25) is 0 Å². The summed E-state index contributed by atoms with van der Waals surface area (Å²) in [7, 11) is 1.71. The molecule has 1 aliphatic rings. The molecule has 1 aromatic carbocycles. The van der Waals surface area contributed by atoms with Gasteiger partial charge in [-0.15, -0.1) is 0 Å². The number of benzene rings is 1. The highest BCUT2D eigenvalue weighted by molar-refractivity contribution is 5.96. The maximum atomic E-state index is 12.4. The summed E-state index contributed by atoms with van der Waals surface area (Å²) in [6.07, 6.45) is 3.45. The zero-order chi connectivity index (χ0) is 15.1. The van der Waals surface area contributed by atoms with Crippen LogP contribution < -0.4 is 5.32 Å². The summed E-state index contributed by atoms with van der Waals surface area (Å²) in [5.74, 6) is 5.71. The minimum absolute atomic E-state index is 0.0296. The fraction of sp³-hybridized carbons (Fsp3) is 0.471. The lowest BCUT2D eigenvalue weighted by Crippen LogP contribution is -2.33. The molecule has 0 bridgehead atoms. The Bertz CT molecular complexity index is 544. The monoisotopic (exact) mass is 287 g/mol. The van der Waals surface area contributed by atoms with E-state index in [4.69, 9.17) is 9.84 Å². The molecule has 2 rings (SSSR count). The quantitative estimate of drug-likeness (QED) is 0.829. The van der Waals surface area contributed by atoms with Gasteiger partial charge in [-0.1, -0.05) is 24.0 Å². The largest absolute Gasteiger partial charge is 0.395 e. The van der Waals surface area contributed by atoms with Gasteiger partial charge in [-0.25, -0.2) is 0 Å². The topological polar surface area (TPSA) is 58.6 Å². The predicted octanol–water partition coefficient (Wildman–Crippen LogP) is 1.72. The van der Waals surface area contributed by atoms with E-state index in [9.17, 15) is 4.79 Å². The summed E-state index contributed by atoms with van der Waals surface area (Å²) in [4.78, 5) is 12.4. The van der Waals surface area contributed by atoms with Crippen LogP contribution in [0.5, 0.6) is 0 Å². The molecule has 21 heavy (non-hydrogen) atoms. The molecule has 4 heteroatoms. The Morgan fingerprint density at radius 3 is 2.95 bits per heavy atom. The van der Waals surface area contributed by atoms with Crippen molar-refractivity contribution in [2.45, 2.75) is 37.8 Å². The Balaban J connectivity index is 2.04. The number of carbonyl (C=O) groups is 1. The lowest BCUT2D eigenvalue weighted by Gasteiger charge is -2.13. The second-order valence-electron chi connectivity index (χ2n) is 5.16. The molecule has 0 aromatic heterocycles. The standard InChI is InChI=1S/C17H21NO3/c1-21-15-10-9-14(12-15)18-17(20)16-8-3-2-6-13(16)7-4-5-11-19/h2-3,6,8,14-15,19H,5,9-12H2,1H3,(H,18,20). The number of hydrogen-bond donors (Lipinski definition) is 2. The molecule has 0 heterocycles. The van der Waals surface area contributed by atoms with Crippen LogP contribution in [-0.2, 0) is 4.74 Å². The van der Waals surface area contributed by atoms with Gasteiger partial charge in [0.1, 0.15) is 0 Å². The van der Waals surface area contributed by atoms with Gasteiger partial charge in [0.05, 0.1) is 18.3 Å². The fourth-order valence-corrected chi connectivity index (χ4v) is 2.55. The molecule has 2 N–H and O–H groups in total. The summed E-state index contributed by atoms with van der Waals surface area (Å²) in [6.45, 7) is 0.0296. The Kier molecular flexibility index (Phi) is 5.79. The highest BCUT2D eigenvalue weighted by Crippen LogP contribution is 2.22. The summed E-state index contributed by atoms with van der Waals surface area (Å²) in [5, 5.41) is 11.8. The highest BCUT2D eigenvalue weighted by Gasteiger charge is 2.26. The smallest absolute Gasteiger partial charge is 0.252 e. The molecular weight excluding hydrogens is 266 g/mol. The third kappa shape index (κ3) is 4.32. The minimum Gasteiger partial charge on any atom is -0.395 e. The van der Waals surface area contributed by atoms with E-state index < -0.39 is 0 Å². The van der Waals surface area contributed by atoms with Gasteiger partial charge in [-0.2, -0.15) is 0 Å². The summed E-state index contributed by atoms with van der Waals surface area (Å²) < 4.78 is 5.32. The van der Waals surface area contributed by atoms with Crippen LogP contribution in [0.4, 0.5) is 0 Å². The van der Waals surface area contributed by atoms with Crippen molar-refractivity contribution in [1.29, 1.82) is 0 Å². The second kappa shape index (κ2) is 7.82. The van der Waals surface area contributed by atoms with E-state index in [0.29, 0.717) is 17.5 Å². The molecule has 1 amide bonds. The van der Waals surface area contributed by atoms with Gasteiger partial charge in [0.2, 0.25) is 0 Å².